The van der Waals surface area contributed by atoms with Gasteiger partial charge in [-0.15, -0.1) is 10.2 Å². The Morgan fingerprint density at radius 1 is 1.26 bits per heavy atom. The smallest absolute Gasteiger partial charge is 0.231 e. The predicted octanol–water partition coefficient (Wildman–Crippen LogP) is 1.73. The Hall–Kier alpha value is -2.68. The van der Waals surface area contributed by atoms with E-state index in [9.17, 15) is 9.59 Å². The quantitative estimate of drug-likeness (QED) is 0.857. The van der Waals surface area contributed by atoms with Crippen LogP contribution in [0.25, 0.3) is 0 Å². The number of hydrogen-bond donors (Lipinski definition) is 1. The molecule has 3 heterocycles. The summed E-state index contributed by atoms with van der Waals surface area (Å²) in [4.78, 5) is 26.9. The van der Waals surface area contributed by atoms with Crippen LogP contribution in [0.4, 0.5) is 5.13 Å². The summed E-state index contributed by atoms with van der Waals surface area (Å²) in [6.45, 7) is 2.15. The highest BCUT2D eigenvalue weighted by molar-refractivity contribution is 7.13. The number of aromatic nitrogens is 2. The lowest BCUT2D eigenvalue weighted by Crippen LogP contribution is -2.44. The number of nitrogens with zero attached hydrogens (tertiary/aromatic N) is 3. The van der Waals surface area contributed by atoms with E-state index in [0.29, 0.717) is 42.9 Å². The topological polar surface area (TPSA) is 93.7 Å². The third-order valence-corrected chi connectivity index (χ3v) is 5.30. The average Bonchev–Trinajstić information content (AvgIpc) is 3.21. The first-order valence-corrected chi connectivity index (χ1v) is 9.80. The minimum absolute atomic E-state index is 0.0140. The summed E-state index contributed by atoms with van der Waals surface area (Å²) in [6, 6.07) is 5.58. The molecule has 1 aromatic heterocycles. The summed E-state index contributed by atoms with van der Waals surface area (Å²) in [5.41, 5.74) is 2.45. The Morgan fingerprint density at radius 2 is 2.11 bits per heavy atom. The highest BCUT2D eigenvalue weighted by Crippen LogP contribution is 2.31. The van der Waals surface area contributed by atoms with Crippen LogP contribution < -0.4 is 14.8 Å². The van der Waals surface area contributed by atoms with Gasteiger partial charge in [0.05, 0.1) is 12.3 Å². The van der Waals surface area contributed by atoms with Crippen molar-refractivity contribution in [3.63, 3.8) is 0 Å². The van der Waals surface area contributed by atoms with Crippen LogP contribution in [0, 0.1) is 5.92 Å². The van der Waals surface area contributed by atoms with E-state index in [1.165, 1.54) is 11.3 Å². The number of fused-ring (bicyclic) bond motifs is 1. The van der Waals surface area contributed by atoms with Crippen molar-refractivity contribution in [3.05, 3.63) is 29.3 Å². The summed E-state index contributed by atoms with van der Waals surface area (Å²) in [5.74, 6) is 1.07. The van der Waals surface area contributed by atoms with Crippen molar-refractivity contribution >= 4 is 28.3 Å². The fourth-order valence-electron chi connectivity index (χ4n) is 3.34. The van der Waals surface area contributed by atoms with Gasteiger partial charge in [-0.3, -0.25) is 9.59 Å². The molecular weight excluding hydrogens is 368 g/mol. The normalized spacial score (nSPS) is 18.8. The van der Waals surface area contributed by atoms with E-state index in [1.54, 1.807) is 10.4 Å². The molecule has 1 aromatic carbocycles. The number of benzene rings is 1. The molecule has 0 radical (unpaired) electrons. The molecule has 142 valence electrons. The highest BCUT2D eigenvalue weighted by Gasteiger charge is 2.29. The van der Waals surface area contributed by atoms with Crippen molar-refractivity contribution in [2.75, 3.05) is 31.6 Å². The van der Waals surface area contributed by atoms with E-state index in [1.807, 2.05) is 18.2 Å². The van der Waals surface area contributed by atoms with E-state index in [2.05, 4.69) is 15.5 Å². The molecule has 0 spiro atoms. The van der Waals surface area contributed by atoms with Crippen LogP contribution in [0.5, 0.6) is 11.5 Å². The number of rotatable bonds is 4. The monoisotopic (exact) mass is 388 g/mol. The Labute approximate surface area is 160 Å². The third-order valence-electron chi connectivity index (χ3n) is 4.70. The first kappa shape index (κ1) is 17.7. The predicted molar refractivity (Wildman–Crippen MR) is 99.0 cm³/mol. The van der Waals surface area contributed by atoms with Gasteiger partial charge in [0.15, 0.2) is 11.5 Å². The molecule has 2 aliphatic rings. The second kappa shape index (κ2) is 7.91. The molecule has 2 aromatic rings. The van der Waals surface area contributed by atoms with Crippen molar-refractivity contribution < 1.29 is 19.1 Å². The average molecular weight is 388 g/mol. The Kier molecular flexibility index (Phi) is 5.19. The van der Waals surface area contributed by atoms with Crippen LogP contribution in [0.2, 0.25) is 0 Å². The number of amides is 2. The van der Waals surface area contributed by atoms with Crippen LogP contribution in [0.15, 0.2) is 23.7 Å². The van der Waals surface area contributed by atoms with E-state index in [4.69, 9.17) is 9.47 Å². The minimum Gasteiger partial charge on any atom is -0.486 e. The zero-order valence-corrected chi connectivity index (χ0v) is 15.5. The summed E-state index contributed by atoms with van der Waals surface area (Å²) in [6.07, 6.45) is 1.85. The molecule has 27 heavy (non-hydrogen) atoms. The lowest BCUT2D eigenvalue weighted by molar-refractivity contribution is -0.133. The van der Waals surface area contributed by atoms with Gasteiger partial charge in [-0.05, 0) is 30.5 Å². The molecule has 0 aliphatic carbocycles. The van der Waals surface area contributed by atoms with Crippen LogP contribution >= 0.6 is 11.3 Å². The molecule has 1 unspecified atom stereocenters. The van der Waals surface area contributed by atoms with Gasteiger partial charge in [0.2, 0.25) is 16.9 Å². The van der Waals surface area contributed by atoms with Crippen LogP contribution in [-0.4, -0.2) is 53.2 Å². The minimum atomic E-state index is -0.230. The summed E-state index contributed by atoms with van der Waals surface area (Å²) in [5, 5.41) is 10.8. The van der Waals surface area contributed by atoms with Gasteiger partial charge in [-0.2, -0.15) is 0 Å². The van der Waals surface area contributed by atoms with Gasteiger partial charge < -0.3 is 19.7 Å². The zero-order chi connectivity index (χ0) is 18.6. The van der Waals surface area contributed by atoms with E-state index in [-0.39, 0.29) is 24.2 Å². The van der Waals surface area contributed by atoms with Crippen LogP contribution in [0.3, 0.4) is 0 Å². The first-order chi connectivity index (χ1) is 13.2. The number of anilines is 1. The van der Waals surface area contributed by atoms with Gasteiger partial charge >= 0.3 is 0 Å². The van der Waals surface area contributed by atoms with Gasteiger partial charge in [-0.1, -0.05) is 17.4 Å². The number of piperidine rings is 1. The van der Waals surface area contributed by atoms with Crippen LogP contribution in [-0.2, 0) is 16.0 Å². The fourth-order valence-corrected chi connectivity index (χ4v) is 3.78. The standard InChI is InChI=1S/C18H20N4O4S/c23-16(9-12-3-4-14-15(8-12)26-7-6-25-14)22-5-1-2-13(10-22)17(24)20-18-21-19-11-27-18/h3-4,8,11,13H,1-2,5-7,9-10H2,(H,20,21,24). The Morgan fingerprint density at radius 3 is 2.93 bits per heavy atom. The van der Waals surface area contributed by atoms with Crippen molar-refractivity contribution in [1.29, 1.82) is 0 Å². The summed E-state index contributed by atoms with van der Waals surface area (Å²) < 4.78 is 11.1. The molecule has 2 amide bonds. The lowest BCUT2D eigenvalue weighted by Gasteiger charge is -2.32. The van der Waals surface area contributed by atoms with Crippen molar-refractivity contribution in [2.24, 2.45) is 5.92 Å². The molecule has 4 rings (SSSR count). The maximum Gasteiger partial charge on any atom is 0.231 e. The second-order valence-electron chi connectivity index (χ2n) is 6.57. The van der Waals surface area contributed by atoms with Crippen molar-refractivity contribution in [1.82, 2.24) is 15.1 Å². The SMILES string of the molecule is O=C(Nc1nncs1)C1CCCN(C(=O)Cc2ccc3c(c2)OCCO3)C1. The fraction of sp³-hybridized carbons (Fsp3) is 0.444. The molecule has 0 bridgehead atoms. The van der Waals surface area contributed by atoms with Crippen molar-refractivity contribution in [2.45, 2.75) is 19.3 Å². The molecule has 8 nitrogen and oxygen atoms in total. The Bertz CT molecular complexity index is 827. The number of hydrogen-bond acceptors (Lipinski definition) is 7. The Balaban J connectivity index is 1.36. The molecular formula is C18H20N4O4S. The number of ether oxygens (including phenoxy) is 2. The summed E-state index contributed by atoms with van der Waals surface area (Å²) in [7, 11) is 0. The van der Waals surface area contributed by atoms with E-state index >= 15 is 0 Å². The molecule has 0 saturated carbocycles. The molecule has 9 heteroatoms. The maximum absolute atomic E-state index is 12.7. The largest absolute Gasteiger partial charge is 0.486 e. The maximum atomic E-state index is 12.7. The summed E-state index contributed by atoms with van der Waals surface area (Å²) >= 11 is 1.28. The molecule has 1 saturated heterocycles. The van der Waals surface area contributed by atoms with Gasteiger partial charge in [0.25, 0.3) is 0 Å². The molecule has 1 N–H and O–H groups in total. The van der Waals surface area contributed by atoms with E-state index < -0.39 is 0 Å². The number of nitrogens with one attached hydrogen (secondary N) is 1. The van der Waals surface area contributed by atoms with Crippen LogP contribution in [0.1, 0.15) is 18.4 Å². The second-order valence-corrected chi connectivity index (χ2v) is 7.40. The molecule has 1 fully saturated rings. The van der Waals surface area contributed by atoms with Crippen molar-refractivity contribution in [3.8, 4) is 11.5 Å². The number of carbonyl (C=O) groups is 2. The number of likely N-dealkylation sites (tertiary alicyclic amines) is 1. The number of carbonyl (C=O) groups excluding carboxylic acids is 2. The van der Waals surface area contributed by atoms with Gasteiger partial charge in [0.1, 0.15) is 18.7 Å². The van der Waals surface area contributed by atoms with Gasteiger partial charge in [-0.25, -0.2) is 0 Å². The third kappa shape index (κ3) is 4.19. The zero-order valence-electron chi connectivity index (χ0n) is 14.7. The molecule has 1 atom stereocenters. The molecule has 2 aliphatic heterocycles. The highest BCUT2D eigenvalue weighted by atomic mass is 32.1. The van der Waals surface area contributed by atoms with Gasteiger partial charge in [0, 0.05) is 13.1 Å². The van der Waals surface area contributed by atoms with E-state index in [0.717, 1.165) is 18.4 Å². The lowest BCUT2D eigenvalue weighted by atomic mass is 9.96. The first-order valence-electron chi connectivity index (χ1n) is 8.92.